The SMILES string of the molecule is c1ccc2c(c1)NC1(CCC3CCCCC3C1)S2. The van der Waals surface area contributed by atoms with Gasteiger partial charge in [-0.05, 0) is 43.2 Å². The Kier molecular flexibility index (Phi) is 2.61. The Morgan fingerprint density at radius 3 is 2.78 bits per heavy atom. The molecule has 4 rings (SSSR count). The summed E-state index contributed by atoms with van der Waals surface area (Å²) < 4.78 is 0. The average Bonchev–Trinajstić information content (AvgIpc) is 2.76. The molecule has 0 saturated heterocycles. The highest BCUT2D eigenvalue weighted by molar-refractivity contribution is 8.01. The van der Waals surface area contributed by atoms with E-state index in [0.717, 1.165) is 11.8 Å². The highest BCUT2D eigenvalue weighted by atomic mass is 32.2. The first-order chi connectivity index (χ1) is 8.85. The fraction of sp³-hybridized carbons (Fsp3) is 0.625. The van der Waals surface area contributed by atoms with E-state index in [0.29, 0.717) is 4.87 Å². The van der Waals surface area contributed by atoms with Gasteiger partial charge in [0.25, 0.3) is 0 Å². The molecule has 3 atom stereocenters. The Morgan fingerprint density at radius 2 is 1.89 bits per heavy atom. The lowest BCUT2D eigenvalue weighted by atomic mass is 9.69. The zero-order valence-corrected chi connectivity index (χ0v) is 11.6. The summed E-state index contributed by atoms with van der Waals surface area (Å²) in [6.45, 7) is 0. The second kappa shape index (κ2) is 4.19. The van der Waals surface area contributed by atoms with Gasteiger partial charge in [0.1, 0.15) is 0 Å². The Labute approximate surface area is 114 Å². The summed E-state index contributed by atoms with van der Waals surface area (Å²) in [5.74, 6) is 2.03. The monoisotopic (exact) mass is 259 g/mol. The van der Waals surface area contributed by atoms with Crippen LogP contribution >= 0.6 is 11.8 Å². The average molecular weight is 259 g/mol. The molecule has 0 bridgehead atoms. The van der Waals surface area contributed by atoms with Gasteiger partial charge in [-0.2, -0.15) is 0 Å². The van der Waals surface area contributed by atoms with Crippen LogP contribution in [0.5, 0.6) is 0 Å². The summed E-state index contributed by atoms with van der Waals surface area (Å²) >= 11 is 2.10. The molecule has 96 valence electrons. The zero-order chi connectivity index (χ0) is 12.0. The topological polar surface area (TPSA) is 12.0 Å². The van der Waals surface area contributed by atoms with Crippen molar-refractivity contribution in [2.75, 3.05) is 5.32 Å². The second-order valence-corrected chi connectivity index (χ2v) is 7.69. The minimum absolute atomic E-state index is 0.336. The van der Waals surface area contributed by atoms with E-state index in [2.05, 4.69) is 41.3 Å². The van der Waals surface area contributed by atoms with Crippen molar-refractivity contribution in [3.8, 4) is 0 Å². The van der Waals surface area contributed by atoms with Crippen molar-refractivity contribution in [1.29, 1.82) is 0 Å². The summed E-state index contributed by atoms with van der Waals surface area (Å²) in [4.78, 5) is 1.80. The van der Waals surface area contributed by atoms with Crippen LogP contribution in [-0.2, 0) is 0 Å². The summed E-state index contributed by atoms with van der Waals surface area (Å²) in [5, 5.41) is 3.85. The number of anilines is 1. The van der Waals surface area contributed by atoms with Gasteiger partial charge in [0.15, 0.2) is 0 Å². The molecule has 3 aliphatic rings. The first kappa shape index (κ1) is 11.2. The van der Waals surface area contributed by atoms with Crippen molar-refractivity contribution in [2.24, 2.45) is 11.8 Å². The molecule has 1 heterocycles. The third-order valence-electron chi connectivity index (χ3n) is 5.13. The third-order valence-corrected chi connectivity index (χ3v) is 6.57. The van der Waals surface area contributed by atoms with Crippen molar-refractivity contribution < 1.29 is 0 Å². The van der Waals surface area contributed by atoms with Gasteiger partial charge in [0, 0.05) is 10.6 Å². The van der Waals surface area contributed by atoms with Crippen molar-refractivity contribution >= 4 is 17.4 Å². The van der Waals surface area contributed by atoms with Crippen LogP contribution in [0.25, 0.3) is 0 Å². The van der Waals surface area contributed by atoms with Crippen LogP contribution in [0.15, 0.2) is 29.2 Å². The largest absolute Gasteiger partial charge is 0.369 e. The van der Waals surface area contributed by atoms with Crippen LogP contribution in [0.3, 0.4) is 0 Å². The molecule has 1 aromatic carbocycles. The van der Waals surface area contributed by atoms with Gasteiger partial charge in [0.2, 0.25) is 0 Å². The molecule has 2 fully saturated rings. The van der Waals surface area contributed by atoms with E-state index >= 15 is 0 Å². The van der Waals surface area contributed by atoms with E-state index in [4.69, 9.17) is 0 Å². The molecule has 0 aromatic heterocycles. The maximum atomic E-state index is 3.85. The first-order valence-corrected chi connectivity index (χ1v) is 8.23. The first-order valence-electron chi connectivity index (χ1n) is 7.41. The number of thioether (sulfide) groups is 1. The summed E-state index contributed by atoms with van der Waals surface area (Å²) in [6, 6.07) is 8.83. The molecule has 0 radical (unpaired) electrons. The number of rotatable bonds is 0. The standard InChI is InChI=1S/C16H21NS/c1-2-6-13-11-16(10-9-12(13)5-1)17-14-7-3-4-8-15(14)18-16/h3-4,7-8,12-13,17H,1-2,5-6,9-11H2. The van der Waals surface area contributed by atoms with E-state index in [1.807, 2.05) is 0 Å². The molecule has 1 nitrogen and oxygen atoms in total. The van der Waals surface area contributed by atoms with E-state index in [1.165, 1.54) is 55.5 Å². The maximum Gasteiger partial charge on any atom is 0.0883 e. The molecule has 0 amide bonds. The normalized spacial score (nSPS) is 38.0. The van der Waals surface area contributed by atoms with Crippen molar-refractivity contribution in [3.63, 3.8) is 0 Å². The van der Waals surface area contributed by atoms with Crippen LogP contribution in [0, 0.1) is 11.8 Å². The quantitative estimate of drug-likeness (QED) is 0.712. The van der Waals surface area contributed by atoms with E-state index in [9.17, 15) is 0 Å². The van der Waals surface area contributed by atoms with Crippen molar-refractivity contribution in [2.45, 2.75) is 54.7 Å². The number of nitrogens with one attached hydrogen (secondary N) is 1. The van der Waals surface area contributed by atoms with Gasteiger partial charge >= 0.3 is 0 Å². The molecule has 2 heteroatoms. The lowest BCUT2D eigenvalue weighted by Crippen LogP contribution is -2.41. The van der Waals surface area contributed by atoms with Gasteiger partial charge in [-0.25, -0.2) is 0 Å². The van der Waals surface area contributed by atoms with Gasteiger partial charge in [0.05, 0.1) is 4.87 Å². The molecule has 18 heavy (non-hydrogen) atoms. The molecule has 2 saturated carbocycles. The molecule has 1 aromatic rings. The van der Waals surface area contributed by atoms with Crippen LogP contribution in [0.1, 0.15) is 44.9 Å². The molecule has 2 aliphatic carbocycles. The Hall–Kier alpha value is -0.630. The highest BCUT2D eigenvalue weighted by Gasteiger charge is 2.45. The number of para-hydroxylation sites is 1. The molecular weight excluding hydrogens is 238 g/mol. The molecular formula is C16H21NS. The van der Waals surface area contributed by atoms with E-state index in [1.54, 1.807) is 0 Å². The smallest absolute Gasteiger partial charge is 0.0883 e. The van der Waals surface area contributed by atoms with Crippen LogP contribution < -0.4 is 5.32 Å². The molecule has 1 spiro atoms. The van der Waals surface area contributed by atoms with Gasteiger partial charge in [-0.3, -0.25) is 0 Å². The number of hydrogen-bond acceptors (Lipinski definition) is 2. The van der Waals surface area contributed by atoms with Crippen LogP contribution in [-0.4, -0.2) is 4.87 Å². The number of fused-ring (bicyclic) bond motifs is 2. The van der Waals surface area contributed by atoms with Gasteiger partial charge < -0.3 is 5.32 Å². The van der Waals surface area contributed by atoms with Gasteiger partial charge in [-0.1, -0.05) is 49.6 Å². The minimum Gasteiger partial charge on any atom is -0.369 e. The lowest BCUT2D eigenvalue weighted by Gasteiger charge is -2.44. The van der Waals surface area contributed by atoms with E-state index in [-0.39, 0.29) is 0 Å². The zero-order valence-electron chi connectivity index (χ0n) is 10.8. The Balaban J connectivity index is 1.57. The predicted octanol–water partition coefficient (Wildman–Crippen LogP) is 4.89. The molecule has 1 aliphatic heterocycles. The fourth-order valence-corrected chi connectivity index (χ4v) is 5.70. The van der Waals surface area contributed by atoms with Crippen molar-refractivity contribution in [1.82, 2.24) is 0 Å². The maximum absolute atomic E-state index is 3.85. The lowest BCUT2D eigenvalue weighted by molar-refractivity contribution is 0.153. The van der Waals surface area contributed by atoms with Crippen LogP contribution in [0.2, 0.25) is 0 Å². The third kappa shape index (κ3) is 1.77. The predicted molar refractivity (Wildman–Crippen MR) is 78.0 cm³/mol. The summed E-state index contributed by atoms with van der Waals surface area (Å²) in [7, 11) is 0. The highest BCUT2D eigenvalue weighted by Crippen LogP contribution is 2.56. The number of hydrogen-bond donors (Lipinski definition) is 1. The minimum atomic E-state index is 0.336. The van der Waals surface area contributed by atoms with Crippen molar-refractivity contribution in [3.05, 3.63) is 24.3 Å². The Bertz CT molecular complexity index is 431. The summed E-state index contributed by atoms with van der Waals surface area (Å²) in [6.07, 6.45) is 10.1. The van der Waals surface area contributed by atoms with Crippen LogP contribution in [0.4, 0.5) is 5.69 Å². The summed E-state index contributed by atoms with van der Waals surface area (Å²) in [5.41, 5.74) is 1.37. The molecule has 1 N–H and O–H groups in total. The second-order valence-electron chi connectivity index (χ2n) is 6.26. The van der Waals surface area contributed by atoms with Gasteiger partial charge in [-0.15, -0.1) is 0 Å². The Morgan fingerprint density at radius 1 is 1.06 bits per heavy atom. The molecule has 3 unspecified atom stereocenters. The number of benzene rings is 1. The van der Waals surface area contributed by atoms with E-state index < -0.39 is 0 Å². The fourth-order valence-electron chi connectivity index (χ4n) is 4.22.